The number of methoxy groups -OCH3 is 1. The molecule has 10 heteroatoms. The summed E-state index contributed by atoms with van der Waals surface area (Å²) >= 11 is 0. The van der Waals surface area contributed by atoms with Gasteiger partial charge in [-0.25, -0.2) is 9.59 Å². The van der Waals surface area contributed by atoms with Crippen LogP contribution in [0, 0.1) is 5.92 Å². The third kappa shape index (κ3) is 10.0. The Balaban J connectivity index is 1.02. The van der Waals surface area contributed by atoms with E-state index in [0.29, 0.717) is 12.5 Å². The molecule has 3 N–H and O–H groups in total. The van der Waals surface area contributed by atoms with E-state index < -0.39 is 24.3 Å². The van der Waals surface area contributed by atoms with E-state index in [9.17, 15) is 14.7 Å². The third-order valence-corrected chi connectivity index (χ3v) is 11.7. The molecule has 3 aliphatic heterocycles. The summed E-state index contributed by atoms with van der Waals surface area (Å²) in [7, 11) is 1.32. The molecule has 6 unspecified atom stereocenters. The summed E-state index contributed by atoms with van der Waals surface area (Å²) in [6, 6.07) is 33.4. The number of nitrogens with zero attached hydrogens (tertiary/aromatic N) is 2. The molecule has 0 spiro atoms. The molecule has 296 valence electrons. The van der Waals surface area contributed by atoms with E-state index in [2.05, 4.69) is 75.9 Å². The highest BCUT2D eigenvalue weighted by Crippen LogP contribution is 2.42. The number of likely N-dealkylation sites (tertiary alicyclic amines) is 2. The lowest BCUT2D eigenvalue weighted by molar-refractivity contribution is -0.276. The van der Waals surface area contributed by atoms with Gasteiger partial charge in [-0.05, 0) is 84.8 Å². The minimum absolute atomic E-state index is 0.0108. The second kappa shape index (κ2) is 19.0. The van der Waals surface area contributed by atoms with Crippen LogP contribution in [0.3, 0.4) is 0 Å². The number of carbonyl (C=O) groups excluding carboxylic acids is 2. The minimum Gasteiger partial charge on any atom is -0.467 e. The van der Waals surface area contributed by atoms with Crippen molar-refractivity contribution in [1.29, 1.82) is 0 Å². The molecular formula is C46H56N4O6. The Bertz CT molecular complexity index is 1870. The fourth-order valence-corrected chi connectivity index (χ4v) is 8.44. The van der Waals surface area contributed by atoms with E-state index in [1.807, 2.05) is 54.6 Å². The fourth-order valence-electron chi connectivity index (χ4n) is 8.44. The lowest BCUT2D eigenvalue weighted by atomic mass is 9.89. The first-order chi connectivity index (χ1) is 27.4. The Morgan fingerprint density at radius 2 is 1.54 bits per heavy atom. The SMILES string of the molecule is COC(=O)C(Cc1ccccc1)NC(=O)NCc1cccc(-c2ccc(C3OC(CN4CCCC4CN4CCCC4)C(C)C(c4ccc(CO)cc4)O3)cc2)c1. The number of esters is 1. The standard InChI is InChI=1S/C46H56N4O6/c1-32-42(30-50-25-9-14-40(50)29-49-23-6-7-24-49)55-45(56-43(32)37-17-15-34(31-51)16-18-37)38-21-19-36(20-22-38)39-13-8-12-35(26-39)28-47-46(53)48-41(44(52)54-2)27-33-10-4-3-5-11-33/h3-5,8,10-13,15-22,26,32,40-43,45,51H,6-7,9,14,23-25,27-31H2,1-2H3,(H2,47,48,53). The molecule has 6 atom stereocenters. The monoisotopic (exact) mass is 760 g/mol. The van der Waals surface area contributed by atoms with Crippen molar-refractivity contribution in [2.45, 2.75) is 82.8 Å². The lowest BCUT2D eigenvalue weighted by Crippen LogP contribution is -2.48. The van der Waals surface area contributed by atoms with Gasteiger partial charge in [0.25, 0.3) is 0 Å². The molecule has 0 saturated carbocycles. The van der Waals surface area contributed by atoms with Crippen LogP contribution >= 0.6 is 0 Å². The van der Waals surface area contributed by atoms with Gasteiger partial charge < -0.3 is 34.9 Å². The van der Waals surface area contributed by atoms with Gasteiger partial charge in [-0.2, -0.15) is 0 Å². The number of hydrogen-bond donors (Lipinski definition) is 3. The fraction of sp³-hybridized carbons (Fsp3) is 0.435. The van der Waals surface area contributed by atoms with Crippen LogP contribution in [0.4, 0.5) is 4.79 Å². The molecule has 0 radical (unpaired) electrons. The maximum atomic E-state index is 12.9. The Morgan fingerprint density at radius 1 is 0.804 bits per heavy atom. The largest absolute Gasteiger partial charge is 0.467 e. The van der Waals surface area contributed by atoms with Crippen LogP contribution in [-0.2, 0) is 38.6 Å². The number of ether oxygens (including phenoxy) is 3. The van der Waals surface area contributed by atoms with Crippen LogP contribution in [0.25, 0.3) is 11.1 Å². The Labute approximate surface area is 331 Å². The van der Waals surface area contributed by atoms with Crippen molar-refractivity contribution >= 4 is 12.0 Å². The van der Waals surface area contributed by atoms with Crippen LogP contribution in [0.5, 0.6) is 0 Å². The first kappa shape index (κ1) is 39.6. The number of urea groups is 1. The molecule has 3 fully saturated rings. The Hall–Kier alpha value is -4.58. The average molecular weight is 761 g/mol. The number of benzene rings is 4. The van der Waals surface area contributed by atoms with Crippen molar-refractivity contribution < 1.29 is 28.9 Å². The first-order valence-corrected chi connectivity index (χ1v) is 20.2. The highest BCUT2D eigenvalue weighted by Gasteiger charge is 2.41. The molecule has 4 aromatic rings. The number of aliphatic hydroxyl groups is 1. The van der Waals surface area contributed by atoms with Crippen molar-refractivity contribution in [3.05, 3.63) is 131 Å². The van der Waals surface area contributed by atoms with Gasteiger partial charge in [0.15, 0.2) is 6.29 Å². The molecule has 56 heavy (non-hydrogen) atoms. The van der Waals surface area contributed by atoms with Crippen LogP contribution in [-0.4, -0.2) is 84.9 Å². The topological polar surface area (TPSA) is 113 Å². The minimum atomic E-state index is -0.804. The van der Waals surface area contributed by atoms with Gasteiger partial charge in [0.2, 0.25) is 0 Å². The zero-order valence-corrected chi connectivity index (χ0v) is 32.6. The molecule has 0 bridgehead atoms. The quantitative estimate of drug-likeness (QED) is 0.121. The smallest absolute Gasteiger partial charge is 0.328 e. The molecule has 3 saturated heterocycles. The highest BCUT2D eigenvalue weighted by atomic mass is 16.7. The van der Waals surface area contributed by atoms with E-state index in [0.717, 1.165) is 58.6 Å². The predicted octanol–water partition coefficient (Wildman–Crippen LogP) is 6.78. The summed E-state index contributed by atoms with van der Waals surface area (Å²) in [4.78, 5) is 30.6. The zero-order chi connectivity index (χ0) is 38.9. The average Bonchev–Trinajstić information content (AvgIpc) is 3.93. The van der Waals surface area contributed by atoms with Crippen molar-refractivity contribution in [3.63, 3.8) is 0 Å². The lowest BCUT2D eigenvalue weighted by Gasteiger charge is -2.43. The Kier molecular flexibility index (Phi) is 13.5. The first-order valence-electron chi connectivity index (χ1n) is 20.2. The molecule has 3 heterocycles. The van der Waals surface area contributed by atoms with E-state index in [4.69, 9.17) is 14.2 Å². The van der Waals surface area contributed by atoms with Crippen LogP contribution < -0.4 is 10.6 Å². The van der Waals surface area contributed by atoms with Gasteiger partial charge in [0.05, 0.1) is 25.9 Å². The van der Waals surface area contributed by atoms with E-state index in [1.54, 1.807) is 0 Å². The number of amides is 2. The van der Waals surface area contributed by atoms with Crippen molar-refractivity contribution in [1.82, 2.24) is 20.4 Å². The maximum absolute atomic E-state index is 12.9. The molecule has 7 rings (SSSR count). The van der Waals surface area contributed by atoms with Crippen molar-refractivity contribution in [3.8, 4) is 11.1 Å². The van der Waals surface area contributed by atoms with Crippen molar-refractivity contribution in [2.75, 3.05) is 39.8 Å². The summed E-state index contributed by atoms with van der Waals surface area (Å²) < 4.78 is 18.6. The van der Waals surface area contributed by atoms with E-state index in [1.165, 1.54) is 45.9 Å². The molecule has 0 aromatic heterocycles. The second-order valence-corrected chi connectivity index (χ2v) is 15.5. The Morgan fingerprint density at radius 3 is 2.27 bits per heavy atom. The zero-order valence-electron chi connectivity index (χ0n) is 32.6. The van der Waals surface area contributed by atoms with Gasteiger partial charge in [-0.15, -0.1) is 0 Å². The number of rotatable bonds is 14. The normalized spacial score (nSPS) is 23.4. The number of carbonyl (C=O) groups is 2. The third-order valence-electron chi connectivity index (χ3n) is 11.7. The van der Waals surface area contributed by atoms with Gasteiger partial charge in [-0.1, -0.05) is 104 Å². The van der Waals surface area contributed by atoms with Crippen LogP contribution in [0.15, 0.2) is 103 Å². The van der Waals surface area contributed by atoms with Crippen LogP contribution in [0.1, 0.15) is 72.8 Å². The van der Waals surface area contributed by atoms with Gasteiger partial charge >= 0.3 is 12.0 Å². The molecule has 0 aliphatic carbocycles. The van der Waals surface area contributed by atoms with Gasteiger partial charge in [0, 0.05) is 43.6 Å². The molecule has 2 amide bonds. The number of aliphatic hydroxyl groups excluding tert-OH is 1. The summed E-state index contributed by atoms with van der Waals surface area (Å²) in [6.07, 6.45) is 4.70. The summed E-state index contributed by atoms with van der Waals surface area (Å²) in [5.74, 6) is -0.365. The molecular weight excluding hydrogens is 705 g/mol. The van der Waals surface area contributed by atoms with E-state index in [-0.39, 0.29) is 31.3 Å². The van der Waals surface area contributed by atoms with E-state index >= 15 is 0 Å². The predicted molar refractivity (Wildman–Crippen MR) is 216 cm³/mol. The molecule has 10 nitrogen and oxygen atoms in total. The molecule has 4 aromatic carbocycles. The summed E-state index contributed by atoms with van der Waals surface area (Å²) in [6.45, 7) is 8.09. The number of nitrogens with one attached hydrogen (secondary N) is 2. The van der Waals surface area contributed by atoms with Gasteiger partial charge in [0.1, 0.15) is 6.04 Å². The highest BCUT2D eigenvalue weighted by molar-refractivity contribution is 5.83. The van der Waals surface area contributed by atoms with Gasteiger partial charge in [-0.3, -0.25) is 4.90 Å². The second-order valence-electron chi connectivity index (χ2n) is 15.5. The van der Waals surface area contributed by atoms with Crippen molar-refractivity contribution in [2.24, 2.45) is 5.92 Å². The summed E-state index contributed by atoms with van der Waals surface area (Å²) in [5, 5.41) is 15.3. The maximum Gasteiger partial charge on any atom is 0.328 e. The molecule has 3 aliphatic rings. The number of hydrogen-bond acceptors (Lipinski definition) is 8. The van der Waals surface area contributed by atoms with Crippen LogP contribution in [0.2, 0.25) is 0 Å². The summed E-state index contributed by atoms with van der Waals surface area (Å²) in [5.41, 5.74) is 6.84.